The van der Waals surface area contributed by atoms with E-state index in [2.05, 4.69) is 25.6 Å². The number of morpholine rings is 1. The summed E-state index contributed by atoms with van der Waals surface area (Å²) in [5, 5.41) is 11.0. The Morgan fingerprint density at radius 3 is 2.59 bits per heavy atom. The van der Waals surface area contributed by atoms with Crippen LogP contribution in [-0.4, -0.2) is 67.1 Å². The molecule has 1 aliphatic rings. The maximum atomic E-state index is 13.4. The summed E-state index contributed by atoms with van der Waals surface area (Å²) >= 11 is 0. The lowest BCUT2D eigenvalue weighted by Gasteiger charge is -2.35. The molecule has 3 rings (SSSR count). The third-order valence-corrected chi connectivity index (χ3v) is 4.82. The molecule has 2 aromatic rings. The number of aromatic nitrogens is 2. The van der Waals surface area contributed by atoms with Gasteiger partial charge in [0.1, 0.15) is 5.82 Å². The highest BCUT2D eigenvalue weighted by Crippen LogP contribution is 2.21. The van der Waals surface area contributed by atoms with Gasteiger partial charge in [0.25, 0.3) is 0 Å². The van der Waals surface area contributed by atoms with Crippen LogP contribution in [-0.2, 0) is 11.3 Å². The zero-order chi connectivity index (χ0) is 19.8. The predicted molar refractivity (Wildman–Crippen MR) is 123 cm³/mol. The van der Waals surface area contributed by atoms with E-state index in [1.54, 1.807) is 7.05 Å². The quantitative estimate of drug-likeness (QED) is 0.336. The summed E-state index contributed by atoms with van der Waals surface area (Å²) in [5.74, 6) is 0.521. The molecule has 1 saturated heterocycles. The number of aryl methyl sites for hydroxylation is 1. The van der Waals surface area contributed by atoms with Crippen molar-refractivity contribution in [3.05, 3.63) is 53.6 Å². The molecule has 2 heterocycles. The summed E-state index contributed by atoms with van der Waals surface area (Å²) in [6, 6.07) is 6.86. The predicted octanol–water partition coefficient (Wildman–Crippen LogP) is 2.19. The minimum absolute atomic E-state index is 0. The van der Waals surface area contributed by atoms with E-state index < -0.39 is 0 Å². The third-order valence-electron chi connectivity index (χ3n) is 4.82. The molecule has 1 unspecified atom stereocenters. The second-order valence-corrected chi connectivity index (χ2v) is 6.88. The molecular weight excluding hydrogens is 486 g/mol. The molecule has 0 amide bonds. The lowest BCUT2D eigenvalue weighted by molar-refractivity contribution is 0.0170. The van der Waals surface area contributed by atoms with Crippen LogP contribution in [0.4, 0.5) is 4.39 Å². The normalized spacial score (nSPS) is 16.2. The van der Waals surface area contributed by atoms with E-state index in [-0.39, 0.29) is 35.8 Å². The molecule has 1 aromatic heterocycles. The highest BCUT2D eigenvalue weighted by atomic mass is 127. The average molecular weight is 516 g/mol. The maximum Gasteiger partial charge on any atom is 0.191 e. The molecule has 29 heavy (non-hydrogen) atoms. The number of rotatable bonds is 7. The van der Waals surface area contributed by atoms with Crippen molar-refractivity contribution >= 4 is 29.9 Å². The first-order valence-corrected chi connectivity index (χ1v) is 9.66. The van der Waals surface area contributed by atoms with Gasteiger partial charge in [-0.3, -0.25) is 14.6 Å². The summed E-state index contributed by atoms with van der Waals surface area (Å²) < 4.78 is 20.7. The summed E-state index contributed by atoms with van der Waals surface area (Å²) in [7, 11) is 1.76. The minimum atomic E-state index is -0.219. The van der Waals surface area contributed by atoms with Crippen LogP contribution < -0.4 is 10.6 Å². The summed E-state index contributed by atoms with van der Waals surface area (Å²) in [5.41, 5.74) is 2.23. The van der Waals surface area contributed by atoms with Crippen molar-refractivity contribution in [3.63, 3.8) is 0 Å². The van der Waals surface area contributed by atoms with Crippen LogP contribution >= 0.6 is 24.0 Å². The number of hydrogen-bond donors (Lipinski definition) is 2. The Kier molecular flexibility index (Phi) is 9.82. The molecule has 0 spiro atoms. The Labute approximate surface area is 188 Å². The number of nitrogens with one attached hydrogen (secondary N) is 2. The maximum absolute atomic E-state index is 13.4. The van der Waals surface area contributed by atoms with E-state index >= 15 is 0 Å². The highest BCUT2D eigenvalue weighted by Gasteiger charge is 2.23. The second kappa shape index (κ2) is 12.1. The third kappa shape index (κ3) is 7.23. The van der Waals surface area contributed by atoms with E-state index in [9.17, 15) is 4.39 Å². The first kappa shape index (κ1) is 23.6. The van der Waals surface area contributed by atoms with Gasteiger partial charge in [0.15, 0.2) is 5.96 Å². The monoisotopic (exact) mass is 516 g/mol. The molecule has 1 fully saturated rings. The van der Waals surface area contributed by atoms with Crippen LogP contribution in [0.3, 0.4) is 0 Å². The van der Waals surface area contributed by atoms with Gasteiger partial charge in [-0.25, -0.2) is 4.39 Å². The van der Waals surface area contributed by atoms with Crippen LogP contribution in [0, 0.1) is 12.7 Å². The molecule has 9 heteroatoms. The van der Waals surface area contributed by atoms with Crippen molar-refractivity contribution in [3.8, 4) is 0 Å². The summed E-state index contributed by atoms with van der Waals surface area (Å²) in [4.78, 5) is 6.68. The molecule has 1 aromatic carbocycles. The van der Waals surface area contributed by atoms with Crippen molar-refractivity contribution in [2.45, 2.75) is 19.5 Å². The Balaban J connectivity index is 0.00000300. The van der Waals surface area contributed by atoms with E-state index in [1.807, 2.05) is 36.1 Å². The number of aliphatic imine (C=N–C) groups is 1. The zero-order valence-electron chi connectivity index (χ0n) is 17.0. The van der Waals surface area contributed by atoms with Gasteiger partial charge in [0.05, 0.1) is 32.0 Å². The van der Waals surface area contributed by atoms with Crippen LogP contribution in [0.5, 0.6) is 0 Å². The lowest BCUT2D eigenvalue weighted by Crippen LogP contribution is -2.46. The minimum Gasteiger partial charge on any atom is -0.379 e. The molecule has 7 nitrogen and oxygen atoms in total. The smallest absolute Gasteiger partial charge is 0.191 e. The van der Waals surface area contributed by atoms with Gasteiger partial charge in [0.2, 0.25) is 0 Å². The van der Waals surface area contributed by atoms with Crippen molar-refractivity contribution in [2.24, 2.45) is 4.99 Å². The van der Waals surface area contributed by atoms with E-state index in [0.717, 1.165) is 43.3 Å². The first-order chi connectivity index (χ1) is 13.7. The summed E-state index contributed by atoms with van der Waals surface area (Å²) in [6.45, 7) is 7.33. The standard InChI is InChI=1S/C20H29FN6O.HI/c1-16-13-25-27(15-16)8-7-23-20(22-2)24-14-19(26-9-11-28-12-10-26)17-3-5-18(21)6-4-17;/h3-6,13,15,19H,7-12,14H2,1-2H3,(H2,22,23,24);1H. The Bertz CT molecular complexity index is 761. The molecule has 2 N–H and O–H groups in total. The van der Waals surface area contributed by atoms with Crippen LogP contribution in [0.15, 0.2) is 41.7 Å². The van der Waals surface area contributed by atoms with Crippen LogP contribution in [0.1, 0.15) is 17.2 Å². The molecule has 0 bridgehead atoms. The Morgan fingerprint density at radius 1 is 1.24 bits per heavy atom. The molecule has 0 aliphatic carbocycles. The van der Waals surface area contributed by atoms with E-state index in [4.69, 9.17) is 4.74 Å². The molecule has 1 aliphatic heterocycles. The fourth-order valence-electron chi connectivity index (χ4n) is 3.32. The number of halogens is 2. The second-order valence-electron chi connectivity index (χ2n) is 6.88. The van der Waals surface area contributed by atoms with Gasteiger partial charge in [-0.2, -0.15) is 5.10 Å². The summed E-state index contributed by atoms with van der Waals surface area (Å²) in [6.07, 6.45) is 3.86. The number of guanidine groups is 1. The fraction of sp³-hybridized carbons (Fsp3) is 0.500. The number of hydrogen-bond acceptors (Lipinski definition) is 4. The first-order valence-electron chi connectivity index (χ1n) is 9.66. The van der Waals surface area contributed by atoms with Gasteiger partial charge < -0.3 is 15.4 Å². The Morgan fingerprint density at radius 2 is 1.97 bits per heavy atom. The number of ether oxygens (including phenoxy) is 1. The van der Waals surface area contributed by atoms with Gasteiger partial charge in [0, 0.05) is 39.4 Å². The van der Waals surface area contributed by atoms with E-state index in [1.165, 1.54) is 12.1 Å². The number of nitrogens with zero attached hydrogens (tertiary/aromatic N) is 4. The molecule has 160 valence electrons. The molecule has 0 saturated carbocycles. The average Bonchev–Trinajstić information content (AvgIpc) is 3.14. The van der Waals surface area contributed by atoms with E-state index in [0.29, 0.717) is 19.8 Å². The zero-order valence-corrected chi connectivity index (χ0v) is 19.3. The Hall–Kier alpha value is -1.72. The van der Waals surface area contributed by atoms with Crippen molar-refractivity contribution in [2.75, 3.05) is 46.4 Å². The van der Waals surface area contributed by atoms with Crippen molar-refractivity contribution in [1.82, 2.24) is 25.3 Å². The number of benzene rings is 1. The van der Waals surface area contributed by atoms with Gasteiger partial charge in [-0.15, -0.1) is 24.0 Å². The molecule has 1 atom stereocenters. The van der Waals surface area contributed by atoms with Crippen LogP contribution in [0.25, 0.3) is 0 Å². The van der Waals surface area contributed by atoms with Crippen molar-refractivity contribution < 1.29 is 9.13 Å². The lowest BCUT2D eigenvalue weighted by atomic mass is 10.0. The van der Waals surface area contributed by atoms with Crippen molar-refractivity contribution in [1.29, 1.82) is 0 Å². The van der Waals surface area contributed by atoms with Gasteiger partial charge >= 0.3 is 0 Å². The fourth-order valence-corrected chi connectivity index (χ4v) is 3.32. The molecular formula is C20H30FIN6O. The topological polar surface area (TPSA) is 66.7 Å². The largest absolute Gasteiger partial charge is 0.379 e. The van der Waals surface area contributed by atoms with Crippen LogP contribution in [0.2, 0.25) is 0 Å². The van der Waals surface area contributed by atoms with Gasteiger partial charge in [-0.1, -0.05) is 12.1 Å². The SMILES string of the molecule is CN=C(NCCn1cc(C)cn1)NCC(c1ccc(F)cc1)N1CCOCC1.I. The highest BCUT2D eigenvalue weighted by molar-refractivity contribution is 14.0. The molecule has 0 radical (unpaired) electrons. The van der Waals surface area contributed by atoms with Gasteiger partial charge in [-0.05, 0) is 30.2 Å².